The minimum atomic E-state index is -0.833. The molecule has 1 aromatic rings. The lowest BCUT2D eigenvalue weighted by atomic mass is 10.0. The summed E-state index contributed by atoms with van der Waals surface area (Å²) in [7, 11) is 1.82. The number of nitrogens with one attached hydrogen (secondary N) is 1. The number of aryl methyl sites for hydroxylation is 2. The summed E-state index contributed by atoms with van der Waals surface area (Å²) in [4.78, 5) is 34.5. The molecule has 0 spiro atoms. The monoisotopic (exact) mass is 338 g/mol. The summed E-state index contributed by atoms with van der Waals surface area (Å²) in [5.41, 5.74) is 1.53. The van der Waals surface area contributed by atoms with Crippen molar-refractivity contribution in [2.75, 3.05) is 31.6 Å². The van der Waals surface area contributed by atoms with Gasteiger partial charge in [-0.25, -0.2) is 0 Å². The highest BCUT2D eigenvalue weighted by Gasteiger charge is 2.44. The van der Waals surface area contributed by atoms with Gasteiger partial charge in [-0.2, -0.15) is 5.10 Å². The molecule has 2 aliphatic rings. The van der Waals surface area contributed by atoms with E-state index in [0.717, 1.165) is 24.8 Å². The van der Waals surface area contributed by atoms with E-state index >= 15 is 0 Å². The number of carboxylic acid groups (broad SMARTS) is 1. The molecule has 132 valence electrons. The molecule has 2 N–H and O–H groups in total. The molecule has 2 saturated heterocycles. The first kappa shape index (κ1) is 17.9. The van der Waals surface area contributed by atoms with Crippen LogP contribution in [-0.4, -0.2) is 63.9 Å². The number of carbonyl (C=O) groups excluding carboxylic acids is 2. The molecule has 9 heteroatoms. The van der Waals surface area contributed by atoms with Gasteiger partial charge >= 0.3 is 5.97 Å². The van der Waals surface area contributed by atoms with Crippen LogP contribution in [0.4, 0.5) is 5.69 Å². The first-order valence-corrected chi connectivity index (χ1v) is 7.65. The molecular formula is C15H22N4O5. The summed E-state index contributed by atoms with van der Waals surface area (Å²) >= 11 is 0. The molecule has 0 unspecified atom stereocenters. The molecule has 24 heavy (non-hydrogen) atoms. The van der Waals surface area contributed by atoms with Crippen molar-refractivity contribution in [3.8, 4) is 0 Å². The van der Waals surface area contributed by atoms with Gasteiger partial charge in [-0.15, -0.1) is 0 Å². The number of aromatic nitrogens is 2. The first-order chi connectivity index (χ1) is 11.3. The van der Waals surface area contributed by atoms with E-state index in [2.05, 4.69) is 10.4 Å². The highest BCUT2D eigenvalue weighted by atomic mass is 16.5. The minimum Gasteiger partial charge on any atom is -0.481 e. The Morgan fingerprint density at radius 1 is 1.46 bits per heavy atom. The average molecular weight is 338 g/mol. The zero-order valence-corrected chi connectivity index (χ0v) is 14.0. The largest absolute Gasteiger partial charge is 0.481 e. The van der Waals surface area contributed by atoms with E-state index in [0.29, 0.717) is 19.7 Å². The van der Waals surface area contributed by atoms with Crippen molar-refractivity contribution < 1.29 is 24.2 Å². The number of nitrogens with zero attached hydrogens (tertiary/aromatic N) is 3. The van der Waals surface area contributed by atoms with E-state index in [1.807, 2.05) is 18.9 Å². The van der Waals surface area contributed by atoms with E-state index in [-0.39, 0.29) is 23.7 Å². The van der Waals surface area contributed by atoms with Gasteiger partial charge in [0.15, 0.2) is 0 Å². The number of ether oxygens (including phenoxy) is 1. The third kappa shape index (κ3) is 4.54. The summed E-state index contributed by atoms with van der Waals surface area (Å²) in [5.74, 6) is -0.839. The third-order valence-corrected chi connectivity index (χ3v) is 3.91. The predicted molar refractivity (Wildman–Crippen MR) is 84.3 cm³/mol. The topological polar surface area (TPSA) is 114 Å². The molecule has 2 fully saturated rings. The number of fused-ring (bicyclic) bond motifs is 1. The normalized spacial score (nSPS) is 22.4. The highest BCUT2D eigenvalue weighted by Crippen LogP contribution is 2.29. The van der Waals surface area contributed by atoms with E-state index in [1.165, 1.54) is 0 Å². The number of amides is 1. The van der Waals surface area contributed by atoms with Crippen LogP contribution in [0.5, 0.6) is 0 Å². The molecule has 3 rings (SSSR count). The van der Waals surface area contributed by atoms with Crippen LogP contribution >= 0.6 is 0 Å². The Morgan fingerprint density at radius 2 is 2.12 bits per heavy atom. The van der Waals surface area contributed by atoms with Crippen LogP contribution in [0.3, 0.4) is 0 Å². The molecule has 0 saturated carbocycles. The number of cyclic esters (lactones) is 1. The summed E-state index contributed by atoms with van der Waals surface area (Å²) in [6, 6.07) is 0. The number of anilines is 1. The fourth-order valence-corrected chi connectivity index (χ4v) is 2.94. The van der Waals surface area contributed by atoms with Crippen molar-refractivity contribution in [1.29, 1.82) is 0 Å². The van der Waals surface area contributed by atoms with E-state index in [4.69, 9.17) is 14.6 Å². The zero-order valence-electron chi connectivity index (χ0n) is 14.0. The maximum atomic E-state index is 12.0. The number of hydrogen-bond donors (Lipinski definition) is 2. The fourth-order valence-electron chi connectivity index (χ4n) is 2.94. The zero-order chi connectivity index (χ0) is 17.9. The van der Waals surface area contributed by atoms with Crippen LogP contribution in [0.25, 0.3) is 0 Å². The van der Waals surface area contributed by atoms with Gasteiger partial charge in [0.1, 0.15) is 0 Å². The number of carboxylic acids is 1. The van der Waals surface area contributed by atoms with E-state index < -0.39 is 5.97 Å². The molecule has 2 atom stereocenters. The van der Waals surface area contributed by atoms with Gasteiger partial charge < -0.3 is 15.2 Å². The van der Waals surface area contributed by atoms with Gasteiger partial charge in [0.05, 0.1) is 30.5 Å². The third-order valence-electron chi connectivity index (χ3n) is 3.91. The quantitative estimate of drug-likeness (QED) is 0.738. The molecule has 3 heterocycles. The van der Waals surface area contributed by atoms with Gasteiger partial charge in [0, 0.05) is 39.2 Å². The Kier molecular flexibility index (Phi) is 5.55. The summed E-state index contributed by atoms with van der Waals surface area (Å²) in [6.45, 7) is 5.09. The van der Waals surface area contributed by atoms with Crippen molar-refractivity contribution in [3.63, 3.8) is 0 Å². The summed E-state index contributed by atoms with van der Waals surface area (Å²) in [6.07, 6.45) is 1.78. The van der Waals surface area contributed by atoms with Gasteiger partial charge in [0.25, 0.3) is 5.97 Å². The maximum Gasteiger partial charge on any atom is 0.310 e. The molecular weight excluding hydrogens is 316 g/mol. The van der Waals surface area contributed by atoms with Crippen LogP contribution in [-0.2, 0) is 26.2 Å². The van der Waals surface area contributed by atoms with Crippen molar-refractivity contribution in [2.45, 2.75) is 13.8 Å². The minimum absolute atomic E-state index is 0.0528. The van der Waals surface area contributed by atoms with Crippen LogP contribution in [0.15, 0.2) is 6.20 Å². The molecule has 0 aliphatic carbocycles. The number of rotatable bonds is 3. The second-order valence-electron chi connectivity index (χ2n) is 6.06. The second-order valence-corrected chi connectivity index (χ2v) is 6.06. The fraction of sp³-hybridized carbons (Fsp3) is 0.600. The van der Waals surface area contributed by atoms with Crippen molar-refractivity contribution in [2.24, 2.45) is 18.9 Å². The number of aliphatic carboxylic acids is 1. The van der Waals surface area contributed by atoms with Crippen molar-refractivity contribution in [3.05, 3.63) is 11.9 Å². The first-order valence-electron chi connectivity index (χ1n) is 7.65. The average Bonchev–Trinajstić information content (AvgIpc) is 3.08. The Hall–Kier alpha value is -2.42. The van der Waals surface area contributed by atoms with Crippen LogP contribution in [0.2, 0.25) is 0 Å². The SMILES string of the molecule is CC(=O)O.Cc1nn(C)cc1NC(=O)CN1C[C@@H]2COC(=O)[C@@H]2C1. The van der Waals surface area contributed by atoms with E-state index in [1.54, 1.807) is 10.9 Å². The molecule has 0 bridgehead atoms. The lowest BCUT2D eigenvalue weighted by molar-refractivity contribution is -0.141. The summed E-state index contributed by atoms with van der Waals surface area (Å²) < 4.78 is 6.68. The van der Waals surface area contributed by atoms with Crippen molar-refractivity contribution in [1.82, 2.24) is 14.7 Å². The lowest BCUT2D eigenvalue weighted by Gasteiger charge is -2.15. The molecule has 0 radical (unpaired) electrons. The Balaban J connectivity index is 0.000000471. The Labute approximate surface area is 139 Å². The molecule has 0 aromatic carbocycles. The van der Waals surface area contributed by atoms with Crippen molar-refractivity contribution >= 4 is 23.5 Å². The van der Waals surface area contributed by atoms with Gasteiger partial charge in [0.2, 0.25) is 5.91 Å². The van der Waals surface area contributed by atoms with Gasteiger partial charge in [-0.1, -0.05) is 0 Å². The number of likely N-dealkylation sites (tertiary alicyclic amines) is 1. The summed E-state index contributed by atoms with van der Waals surface area (Å²) in [5, 5.41) is 14.5. The number of hydrogen-bond acceptors (Lipinski definition) is 6. The number of esters is 1. The molecule has 1 amide bonds. The molecule has 1 aromatic heterocycles. The molecule has 2 aliphatic heterocycles. The number of carbonyl (C=O) groups is 3. The second kappa shape index (κ2) is 7.43. The van der Waals surface area contributed by atoms with Crippen LogP contribution in [0, 0.1) is 18.8 Å². The van der Waals surface area contributed by atoms with E-state index in [9.17, 15) is 9.59 Å². The Morgan fingerprint density at radius 3 is 2.67 bits per heavy atom. The molecule has 9 nitrogen and oxygen atoms in total. The maximum absolute atomic E-state index is 12.0. The standard InChI is InChI=1S/C13H18N4O3.C2H4O2/c1-8-11(5-16(2)15-8)14-12(18)6-17-3-9-7-20-13(19)10(9)4-17;1-2(3)4/h5,9-10H,3-4,6-7H2,1-2H3,(H,14,18);1H3,(H,3,4)/t9-,10-;/m1./s1. The van der Waals surface area contributed by atoms with Gasteiger partial charge in [-0.3, -0.25) is 24.0 Å². The van der Waals surface area contributed by atoms with Crippen LogP contribution < -0.4 is 5.32 Å². The van der Waals surface area contributed by atoms with Crippen LogP contribution in [0.1, 0.15) is 12.6 Å². The predicted octanol–water partition coefficient (Wildman–Crippen LogP) is -0.137. The van der Waals surface area contributed by atoms with Gasteiger partial charge in [-0.05, 0) is 6.92 Å². The smallest absolute Gasteiger partial charge is 0.310 e. The lowest BCUT2D eigenvalue weighted by Crippen LogP contribution is -2.33. The Bertz CT molecular complexity index is 638. The highest BCUT2D eigenvalue weighted by molar-refractivity contribution is 5.92.